The lowest BCUT2D eigenvalue weighted by atomic mass is 10.1. The lowest BCUT2D eigenvalue weighted by Gasteiger charge is -2.28. The maximum absolute atomic E-state index is 12.7. The zero-order valence-corrected chi connectivity index (χ0v) is 15.2. The number of carbonyl (C=O) groups is 2. The van der Waals surface area contributed by atoms with Crippen molar-refractivity contribution >= 4 is 17.7 Å². The van der Waals surface area contributed by atoms with E-state index < -0.39 is 17.7 Å². The van der Waals surface area contributed by atoms with Crippen LogP contribution in [0.25, 0.3) is 0 Å². The number of amides is 2. The van der Waals surface area contributed by atoms with Crippen LogP contribution in [0, 0.1) is 13.8 Å². The van der Waals surface area contributed by atoms with Crippen LogP contribution in [0.15, 0.2) is 18.2 Å². The highest BCUT2D eigenvalue weighted by Gasteiger charge is 2.26. The number of carbonyl (C=O) groups excluding carboxylic acids is 2. The van der Waals surface area contributed by atoms with Crippen LogP contribution in [0.3, 0.4) is 0 Å². The van der Waals surface area contributed by atoms with Crippen molar-refractivity contribution in [1.82, 2.24) is 5.32 Å². The third-order valence-corrected chi connectivity index (χ3v) is 3.40. The lowest BCUT2D eigenvalue weighted by Crippen LogP contribution is -2.48. The molecule has 128 valence electrons. The molecule has 2 amide bonds. The molecule has 1 atom stereocenters. The molecule has 1 aromatic rings. The van der Waals surface area contributed by atoms with Gasteiger partial charge in [0.05, 0.1) is 0 Å². The van der Waals surface area contributed by atoms with Gasteiger partial charge in [-0.15, -0.1) is 0 Å². The summed E-state index contributed by atoms with van der Waals surface area (Å²) in [5.41, 5.74) is 2.37. The number of hydrogen-bond donors (Lipinski definition) is 1. The average Bonchev–Trinajstić information content (AvgIpc) is 2.40. The fraction of sp³-hybridized carbons (Fsp3) is 0.556. The Morgan fingerprint density at radius 3 is 2.17 bits per heavy atom. The van der Waals surface area contributed by atoms with Crippen molar-refractivity contribution in [1.29, 1.82) is 0 Å². The summed E-state index contributed by atoms with van der Waals surface area (Å²) in [5.74, 6) is -0.157. The number of rotatable bonds is 4. The lowest BCUT2D eigenvalue weighted by molar-refractivity contribution is -0.120. The minimum atomic E-state index is -0.663. The predicted octanol–water partition coefficient (Wildman–Crippen LogP) is 3.57. The Morgan fingerprint density at radius 1 is 1.22 bits per heavy atom. The molecule has 0 bridgehead atoms. The smallest absolute Gasteiger partial charge is 0.408 e. The summed E-state index contributed by atoms with van der Waals surface area (Å²) < 4.78 is 5.20. The Balaban J connectivity index is 2.90. The van der Waals surface area contributed by atoms with Crippen molar-refractivity contribution in [2.45, 2.75) is 60.1 Å². The van der Waals surface area contributed by atoms with Crippen LogP contribution in [0.5, 0.6) is 0 Å². The van der Waals surface area contributed by atoms with Crippen molar-refractivity contribution in [3.63, 3.8) is 0 Å². The Bertz CT molecular complexity index is 556. The standard InChI is InChI=1S/C18H28N2O3/c1-8-20(15-12(2)10-9-11-13(15)3)16(21)14(4)19-17(22)23-18(5,6)7/h9-11,14H,8H2,1-7H3,(H,19,22)/t14-/m0/s1. The fourth-order valence-electron chi connectivity index (χ4n) is 2.44. The van der Waals surface area contributed by atoms with Crippen LogP contribution in [0.4, 0.5) is 10.5 Å². The van der Waals surface area contributed by atoms with E-state index in [1.165, 1.54) is 0 Å². The molecule has 1 rings (SSSR count). The molecule has 23 heavy (non-hydrogen) atoms. The van der Waals surface area contributed by atoms with Crippen molar-refractivity contribution in [2.24, 2.45) is 0 Å². The van der Waals surface area contributed by atoms with E-state index in [-0.39, 0.29) is 5.91 Å². The Labute approximate surface area is 139 Å². The topological polar surface area (TPSA) is 58.6 Å². The van der Waals surface area contributed by atoms with E-state index in [0.717, 1.165) is 16.8 Å². The molecule has 0 heterocycles. The molecule has 0 fully saturated rings. The average molecular weight is 320 g/mol. The van der Waals surface area contributed by atoms with Crippen molar-refractivity contribution in [3.05, 3.63) is 29.3 Å². The van der Waals surface area contributed by atoms with Gasteiger partial charge in [-0.3, -0.25) is 4.79 Å². The number of anilines is 1. The molecular weight excluding hydrogens is 292 g/mol. The molecule has 1 aromatic carbocycles. The van der Waals surface area contributed by atoms with Crippen LogP contribution in [0.1, 0.15) is 45.7 Å². The van der Waals surface area contributed by atoms with Gasteiger partial charge in [-0.25, -0.2) is 4.79 Å². The van der Waals surface area contributed by atoms with Gasteiger partial charge < -0.3 is 15.0 Å². The second-order valence-corrected chi connectivity index (χ2v) is 6.69. The first kappa shape index (κ1) is 19.0. The molecule has 0 radical (unpaired) electrons. The summed E-state index contributed by atoms with van der Waals surface area (Å²) in [6, 6.07) is 5.26. The van der Waals surface area contributed by atoms with Crippen LogP contribution in [-0.4, -0.2) is 30.2 Å². The molecule has 1 N–H and O–H groups in total. The molecule has 0 saturated carbocycles. The fourth-order valence-corrected chi connectivity index (χ4v) is 2.44. The molecular formula is C18H28N2O3. The number of nitrogens with zero attached hydrogens (tertiary/aromatic N) is 1. The molecule has 0 spiro atoms. The minimum absolute atomic E-state index is 0.157. The Morgan fingerprint density at radius 2 is 1.74 bits per heavy atom. The van der Waals surface area contributed by atoms with Gasteiger partial charge in [0, 0.05) is 12.2 Å². The van der Waals surface area contributed by atoms with E-state index in [1.807, 2.05) is 39.0 Å². The quantitative estimate of drug-likeness (QED) is 0.922. The molecule has 5 nitrogen and oxygen atoms in total. The highest BCUT2D eigenvalue weighted by molar-refractivity contribution is 5.99. The van der Waals surface area contributed by atoms with Gasteiger partial charge in [0.25, 0.3) is 0 Å². The number of ether oxygens (including phenoxy) is 1. The second kappa shape index (κ2) is 7.49. The SMILES string of the molecule is CCN(C(=O)[C@H](C)NC(=O)OC(C)(C)C)c1c(C)cccc1C. The number of benzene rings is 1. The van der Waals surface area contributed by atoms with E-state index in [4.69, 9.17) is 4.74 Å². The molecule has 0 unspecified atom stereocenters. The maximum Gasteiger partial charge on any atom is 0.408 e. The zero-order valence-electron chi connectivity index (χ0n) is 15.2. The van der Waals surface area contributed by atoms with E-state index in [1.54, 1.807) is 32.6 Å². The largest absolute Gasteiger partial charge is 0.444 e. The second-order valence-electron chi connectivity index (χ2n) is 6.69. The van der Waals surface area contributed by atoms with Crippen LogP contribution in [0.2, 0.25) is 0 Å². The summed E-state index contributed by atoms with van der Waals surface area (Å²) in [7, 11) is 0. The van der Waals surface area contributed by atoms with Crippen LogP contribution >= 0.6 is 0 Å². The van der Waals surface area contributed by atoms with E-state index in [2.05, 4.69) is 5.32 Å². The molecule has 0 aliphatic rings. The first-order valence-corrected chi connectivity index (χ1v) is 7.94. The van der Waals surface area contributed by atoms with Gasteiger partial charge in [-0.2, -0.15) is 0 Å². The third kappa shape index (κ3) is 5.27. The molecule has 0 saturated heterocycles. The van der Waals surface area contributed by atoms with E-state index in [0.29, 0.717) is 6.54 Å². The van der Waals surface area contributed by atoms with E-state index in [9.17, 15) is 9.59 Å². The monoisotopic (exact) mass is 320 g/mol. The van der Waals surface area contributed by atoms with Crippen molar-refractivity contribution in [3.8, 4) is 0 Å². The predicted molar refractivity (Wildman–Crippen MR) is 92.8 cm³/mol. The zero-order chi connectivity index (χ0) is 17.8. The summed E-state index contributed by atoms with van der Waals surface area (Å²) in [4.78, 5) is 26.3. The highest BCUT2D eigenvalue weighted by Crippen LogP contribution is 2.25. The van der Waals surface area contributed by atoms with E-state index >= 15 is 0 Å². The van der Waals surface area contributed by atoms with Gasteiger partial charge in [0.15, 0.2) is 0 Å². The normalized spacial score (nSPS) is 12.5. The Hall–Kier alpha value is -2.04. The number of hydrogen-bond acceptors (Lipinski definition) is 3. The molecule has 5 heteroatoms. The number of nitrogens with one attached hydrogen (secondary N) is 1. The van der Waals surface area contributed by atoms with Gasteiger partial charge in [-0.05, 0) is 59.6 Å². The van der Waals surface area contributed by atoms with Crippen LogP contribution in [-0.2, 0) is 9.53 Å². The molecule has 0 aliphatic heterocycles. The molecule has 0 aliphatic carbocycles. The van der Waals surface area contributed by atoms with Gasteiger partial charge in [0.2, 0.25) is 5.91 Å². The summed E-state index contributed by atoms with van der Waals surface area (Å²) >= 11 is 0. The van der Waals surface area contributed by atoms with Crippen LogP contribution < -0.4 is 10.2 Å². The number of alkyl carbamates (subject to hydrolysis) is 1. The first-order valence-electron chi connectivity index (χ1n) is 7.94. The van der Waals surface area contributed by atoms with Crippen molar-refractivity contribution < 1.29 is 14.3 Å². The van der Waals surface area contributed by atoms with Gasteiger partial charge in [-0.1, -0.05) is 18.2 Å². The highest BCUT2D eigenvalue weighted by atomic mass is 16.6. The number of aryl methyl sites for hydroxylation is 2. The summed E-state index contributed by atoms with van der Waals surface area (Å²) in [5, 5.41) is 2.61. The number of likely N-dealkylation sites (N-methyl/N-ethyl adjacent to an activating group) is 1. The van der Waals surface area contributed by atoms with Gasteiger partial charge >= 0.3 is 6.09 Å². The third-order valence-electron chi connectivity index (χ3n) is 3.40. The summed E-state index contributed by atoms with van der Waals surface area (Å²) in [6.45, 7) is 13.4. The maximum atomic E-state index is 12.7. The first-order chi connectivity index (χ1) is 10.6. The van der Waals surface area contributed by atoms with Crippen molar-refractivity contribution in [2.75, 3.05) is 11.4 Å². The number of para-hydroxylation sites is 1. The Kier molecular flexibility index (Phi) is 6.19. The summed E-state index contributed by atoms with van der Waals surface area (Å²) in [6.07, 6.45) is -0.587. The van der Waals surface area contributed by atoms with Gasteiger partial charge in [0.1, 0.15) is 11.6 Å². The minimum Gasteiger partial charge on any atom is -0.444 e. The molecule has 0 aromatic heterocycles.